The number of aromatic nitrogens is 2. The van der Waals surface area contributed by atoms with Gasteiger partial charge in [0.05, 0.1) is 44.1 Å². The highest BCUT2D eigenvalue weighted by atomic mass is 16.5. The first kappa shape index (κ1) is 18.6. The number of fused-ring (bicyclic) bond motifs is 3. The van der Waals surface area contributed by atoms with E-state index in [1.807, 2.05) is 48.5 Å². The zero-order chi connectivity index (χ0) is 20.5. The molecule has 6 heteroatoms. The minimum atomic E-state index is -0.0314. The summed E-state index contributed by atoms with van der Waals surface area (Å²) < 4.78 is 12.4. The summed E-state index contributed by atoms with van der Waals surface area (Å²) in [7, 11) is 1.64. The Hall–Kier alpha value is -3.38. The molecule has 0 spiro atoms. The highest BCUT2D eigenvalue weighted by Gasteiger charge is 2.18. The van der Waals surface area contributed by atoms with E-state index in [1.54, 1.807) is 18.0 Å². The lowest BCUT2D eigenvalue weighted by Gasteiger charge is -2.30. The van der Waals surface area contributed by atoms with Gasteiger partial charge >= 0.3 is 0 Å². The summed E-state index contributed by atoms with van der Waals surface area (Å²) in [5, 5.41) is 2.77. The first-order valence-electron chi connectivity index (χ1n) is 10.1. The maximum absolute atomic E-state index is 13.4. The summed E-state index contributed by atoms with van der Waals surface area (Å²) in [4.78, 5) is 20.4. The van der Waals surface area contributed by atoms with Crippen LogP contribution in [0.1, 0.15) is 5.56 Å². The third-order valence-corrected chi connectivity index (χ3v) is 5.68. The largest absolute Gasteiger partial charge is 0.497 e. The standard InChI is InChI=1S/C24H23N3O3/c1-29-18-8-6-17(7-9-18)15-27-16-25-23-20-5-3-2-4-19(20)22(14-21(23)24(27)28)26-10-12-30-13-11-26/h2-9,14,16H,10-13,15H2,1H3. The second-order valence-corrected chi connectivity index (χ2v) is 7.46. The Kier molecular flexibility index (Phi) is 4.85. The van der Waals surface area contributed by atoms with Gasteiger partial charge in [0, 0.05) is 29.5 Å². The van der Waals surface area contributed by atoms with Crippen LogP contribution in [0.4, 0.5) is 5.69 Å². The van der Waals surface area contributed by atoms with Gasteiger partial charge in [0.1, 0.15) is 5.75 Å². The lowest BCUT2D eigenvalue weighted by atomic mass is 10.0. The van der Waals surface area contributed by atoms with Gasteiger partial charge in [0.2, 0.25) is 0 Å². The second kappa shape index (κ2) is 7.80. The van der Waals surface area contributed by atoms with Crippen LogP contribution in [-0.4, -0.2) is 43.0 Å². The minimum absolute atomic E-state index is 0.0314. The summed E-state index contributed by atoms with van der Waals surface area (Å²) in [6.45, 7) is 3.49. The molecule has 1 aliphatic rings. The monoisotopic (exact) mass is 401 g/mol. The molecule has 0 aliphatic carbocycles. The topological polar surface area (TPSA) is 56.6 Å². The zero-order valence-electron chi connectivity index (χ0n) is 16.9. The van der Waals surface area contributed by atoms with E-state index in [2.05, 4.69) is 16.0 Å². The molecule has 0 amide bonds. The lowest BCUT2D eigenvalue weighted by molar-refractivity contribution is 0.123. The number of nitrogens with zero attached hydrogens (tertiary/aromatic N) is 3. The van der Waals surface area contributed by atoms with Crippen LogP contribution in [0.5, 0.6) is 5.75 Å². The molecular formula is C24H23N3O3. The van der Waals surface area contributed by atoms with Crippen LogP contribution in [-0.2, 0) is 11.3 Å². The quantitative estimate of drug-likeness (QED) is 0.491. The molecule has 1 aromatic heterocycles. The Bertz CT molecular complexity index is 1260. The van der Waals surface area contributed by atoms with Gasteiger partial charge in [0.15, 0.2) is 0 Å². The number of hydrogen-bond acceptors (Lipinski definition) is 5. The first-order valence-corrected chi connectivity index (χ1v) is 10.1. The third-order valence-electron chi connectivity index (χ3n) is 5.68. The van der Waals surface area contributed by atoms with Gasteiger partial charge in [0.25, 0.3) is 5.56 Å². The number of anilines is 1. The molecule has 2 heterocycles. The smallest absolute Gasteiger partial charge is 0.261 e. The molecule has 1 aliphatic heterocycles. The summed E-state index contributed by atoms with van der Waals surface area (Å²) in [5.41, 5.74) is 2.81. The molecule has 6 nitrogen and oxygen atoms in total. The molecule has 0 radical (unpaired) electrons. The van der Waals surface area contributed by atoms with Crippen molar-refractivity contribution in [1.29, 1.82) is 0 Å². The molecule has 0 bridgehead atoms. The maximum atomic E-state index is 13.4. The van der Waals surface area contributed by atoms with Crippen LogP contribution >= 0.6 is 0 Å². The SMILES string of the molecule is COc1ccc(Cn2cnc3c(cc(N4CCOCC4)c4ccccc43)c2=O)cc1. The fraction of sp³-hybridized carbons (Fsp3) is 0.250. The van der Waals surface area contributed by atoms with Crippen molar-refractivity contribution in [1.82, 2.24) is 9.55 Å². The molecule has 152 valence electrons. The van der Waals surface area contributed by atoms with Crippen LogP contribution in [0.2, 0.25) is 0 Å². The molecular weight excluding hydrogens is 378 g/mol. The summed E-state index contributed by atoms with van der Waals surface area (Å²) in [6.07, 6.45) is 1.65. The predicted octanol–water partition coefficient (Wildman–Crippen LogP) is 3.44. The molecule has 1 fully saturated rings. The first-order chi connectivity index (χ1) is 14.7. The van der Waals surface area contributed by atoms with E-state index in [9.17, 15) is 4.79 Å². The second-order valence-electron chi connectivity index (χ2n) is 7.46. The van der Waals surface area contributed by atoms with Crippen molar-refractivity contribution in [2.75, 3.05) is 38.3 Å². The molecule has 5 rings (SSSR count). The molecule has 0 atom stereocenters. The Balaban J connectivity index is 1.64. The van der Waals surface area contributed by atoms with Crippen molar-refractivity contribution in [3.05, 3.63) is 76.8 Å². The number of rotatable bonds is 4. The van der Waals surface area contributed by atoms with Crippen molar-refractivity contribution in [2.45, 2.75) is 6.54 Å². The molecule has 3 aromatic carbocycles. The Morgan fingerprint density at radius 3 is 2.47 bits per heavy atom. The minimum Gasteiger partial charge on any atom is -0.497 e. The highest BCUT2D eigenvalue weighted by molar-refractivity contribution is 6.11. The molecule has 30 heavy (non-hydrogen) atoms. The van der Waals surface area contributed by atoms with Gasteiger partial charge in [-0.25, -0.2) is 4.98 Å². The summed E-state index contributed by atoms with van der Waals surface area (Å²) >= 11 is 0. The molecule has 0 unspecified atom stereocenters. The summed E-state index contributed by atoms with van der Waals surface area (Å²) in [6, 6.07) is 17.9. The van der Waals surface area contributed by atoms with E-state index in [1.165, 1.54) is 0 Å². The van der Waals surface area contributed by atoms with Crippen molar-refractivity contribution in [2.24, 2.45) is 0 Å². The van der Waals surface area contributed by atoms with Crippen molar-refractivity contribution < 1.29 is 9.47 Å². The van der Waals surface area contributed by atoms with Crippen LogP contribution in [0.25, 0.3) is 21.7 Å². The molecule has 0 N–H and O–H groups in total. The van der Waals surface area contributed by atoms with Crippen LogP contribution in [0.3, 0.4) is 0 Å². The molecule has 4 aromatic rings. The van der Waals surface area contributed by atoms with E-state index in [0.29, 0.717) is 25.1 Å². The fourth-order valence-corrected chi connectivity index (χ4v) is 4.08. The van der Waals surface area contributed by atoms with Gasteiger partial charge in [-0.2, -0.15) is 0 Å². The van der Waals surface area contributed by atoms with Crippen molar-refractivity contribution in [3.63, 3.8) is 0 Å². The Morgan fingerprint density at radius 2 is 1.73 bits per heavy atom. The Morgan fingerprint density at radius 1 is 1.00 bits per heavy atom. The van der Waals surface area contributed by atoms with Gasteiger partial charge in [-0.15, -0.1) is 0 Å². The Labute approximate surface area is 174 Å². The fourth-order valence-electron chi connectivity index (χ4n) is 4.08. The zero-order valence-corrected chi connectivity index (χ0v) is 16.9. The van der Waals surface area contributed by atoms with E-state index >= 15 is 0 Å². The maximum Gasteiger partial charge on any atom is 0.261 e. The van der Waals surface area contributed by atoms with Gasteiger partial charge < -0.3 is 14.4 Å². The van der Waals surface area contributed by atoms with Crippen molar-refractivity contribution in [3.8, 4) is 5.75 Å². The van der Waals surface area contributed by atoms with E-state index in [-0.39, 0.29) is 5.56 Å². The molecule has 0 saturated carbocycles. The van der Waals surface area contributed by atoms with Crippen LogP contribution in [0, 0.1) is 0 Å². The van der Waals surface area contributed by atoms with Crippen molar-refractivity contribution >= 4 is 27.4 Å². The van der Waals surface area contributed by atoms with Gasteiger partial charge in [-0.1, -0.05) is 36.4 Å². The molecule has 1 saturated heterocycles. The number of morpholine rings is 1. The lowest BCUT2D eigenvalue weighted by Crippen LogP contribution is -2.36. The number of methoxy groups -OCH3 is 1. The van der Waals surface area contributed by atoms with Gasteiger partial charge in [-0.3, -0.25) is 9.36 Å². The van der Waals surface area contributed by atoms with Gasteiger partial charge in [-0.05, 0) is 23.8 Å². The van der Waals surface area contributed by atoms with Crippen LogP contribution in [0.15, 0.2) is 65.7 Å². The van der Waals surface area contributed by atoms with E-state index < -0.39 is 0 Å². The highest BCUT2D eigenvalue weighted by Crippen LogP contribution is 2.32. The average molecular weight is 401 g/mol. The number of hydrogen-bond donors (Lipinski definition) is 0. The number of benzene rings is 3. The predicted molar refractivity (Wildman–Crippen MR) is 119 cm³/mol. The third kappa shape index (κ3) is 3.29. The normalized spacial score (nSPS) is 14.4. The number of ether oxygens (including phenoxy) is 2. The average Bonchev–Trinajstić information content (AvgIpc) is 2.81. The van der Waals surface area contributed by atoms with E-state index in [0.717, 1.165) is 46.4 Å². The van der Waals surface area contributed by atoms with E-state index in [4.69, 9.17) is 9.47 Å². The summed E-state index contributed by atoms with van der Waals surface area (Å²) in [5.74, 6) is 0.796. The van der Waals surface area contributed by atoms with Crippen LogP contribution < -0.4 is 15.2 Å².